The molecular weight excluding hydrogens is 64.0 g/mol. The van der Waals surface area contributed by atoms with Crippen LogP contribution >= 0.6 is 0 Å². The van der Waals surface area contributed by atoms with Gasteiger partial charge in [0, 0.05) is 6.54 Å². The topological polar surface area (TPSA) is 25.0 Å². The molecule has 2 nitrogen and oxygen atoms in total. The van der Waals surface area contributed by atoms with Gasteiger partial charge in [0.2, 0.25) is 0 Å². The summed E-state index contributed by atoms with van der Waals surface area (Å²) in [5.74, 6) is 0. The molecule has 0 aliphatic carbocycles. The minimum atomic E-state index is 0.815. The maximum absolute atomic E-state index is 3.14. The Labute approximate surface area is 30.7 Å². The Hall–Kier alpha value is -0.0800. The monoisotopic (exact) mass is 70.1 g/mol. The van der Waals surface area contributed by atoms with E-state index in [1.165, 1.54) is 13.0 Å². The summed E-state index contributed by atoms with van der Waals surface area (Å²) >= 11 is 0. The van der Waals surface area contributed by atoms with Crippen LogP contribution in [0.2, 0.25) is 0 Å². The number of nitrogens with zero attached hydrogens (tertiary/aromatic N) is 1. The van der Waals surface area contributed by atoms with E-state index in [0.29, 0.717) is 0 Å². The molecule has 2 atom stereocenters. The fourth-order valence-electron chi connectivity index (χ4n) is 0.674. The first-order valence-electron chi connectivity index (χ1n) is 1.99. The summed E-state index contributed by atoms with van der Waals surface area (Å²) in [6.45, 7) is 1.28. The molecule has 1 unspecified atom stereocenters. The molecule has 2 fully saturated rings. The van der Waals surface area contributed by atoms with Crippen molar-refractivity contribution in [3.63, 3.8) is 0 Å². The van der Waals surface area contributed by atoms with Crippen molar-refractivity contribution in [2.24, 2.45) is 0 Å². The van der Waals surface area contributed by atoms with Crippen LogP contribution in [-0.4, -0.2) is 17.7 Å². The van der Waals surface area contributed by atoms with E-state index in [-0.39, 0.29) is 0 Å². The Morgan fingerprint density at radius 3 is 2.60 bits per heavy atom. The predicted octanol–water partition coefficient (Wildman–Crippen LogP) is -0.464. The summed E-state index contributed by atoms with van der Waals surface area (Å²) in [6.07, 6.45) is 2.19. The van der Waals surface area contributed by atoms with E-state index >= 15 is 0 Å². The van der Waals surface area contributed by atoms with Crippen LogP contribution in [0.15, 0.2) is 0 Å². The first-order chi connectivity index (χ1) is 2.47. The number of fused-ring (bicyclic) bond motifs is 1. The highest BCUT2D eigenvalue weighted by Crippen LogP contribution is 2.23. The lowest BCUT2D eigenvalue weighted by Gasteiger charge is -2.04. The lowest BCUT2D eigenvalue weighted by Crippen LogP contribution is -2.16. The van der Waals surface area contributed by atoms with Crippen LogP contribution in [0.25, 0.3) is 0 Å². The van der Waals surface area contributed by atoms with E-state index < -0.39 is 0 Å². The lowest BCUT2D eigenvalue weighted by molar-refractivity contribution is 0.372. The molecule has 28 valence electrons. The van der Waals surface area contributed by atoms with Gasteiger partial charge in [0.15, 0.2) is 0 Å². The van der Waals surface area contributed by atoms with Gasteiger partial charge >= 0.3 is 0 Å². The molecule has 0 radical (unpaired) electrons. The minimum absolute atomic E-state index is 0.815. The van der Waals surface area contributed by atoms with E-state index in [0.717, 1.165) is 6.17 Å². The normalized spacial score (nSPS) is 57.6. The third-order valence-electron chi connectivity index (χ3n) is 1.27. The van der Waals surface area contributed by atoms with Crippen molar-refractivity contribution < 1.29 is 0 Å². The Kier molecular flexibility index (Phi) is 0.181. The maximum Gasteiger partial charge on any atom is 0.0876 e. The SMILES string of the molecule is C1CN2N[C@H]12. The van der Waals surface area contributed by atoms with Crippen LogP contribution in [0.4, 0.5) is 0 Å². The van der Waals surface area contributed by atoms with Crippen molar-refractivity contribution in [1.29, 1.82) is 0 Å². The molecule has 2 saturated heterocycles. The van der Waals surface area contributed by atoms with Gasteiger partial charge in [0.1, 0.15) is 0 Å². The second-order valence-corrected chi connectivity index (χ2v) is 1.63. The number of hydrogen-bond acceptors (Lipinski definition) is 2. The van der Waals surface area contributed by atoms with Crippen LogP contribution in [0, 0.1) is 0 Å². The molecule has 0 aromatic carbocycles. The molecular formula is C3H6N2. The van der Waals surface area contributed by atoms with Gasteiger partial charge in [-0.2, -0.15) is 0 Å². The van der Waals surface area contributed by atoms with E-state index in [1.807, 2.05) is 0 Å². The van der Waals surface area contributed by atoms with E-state index in [1.54, 1.807) is 0 Å². The molecule has 5 heavy (non-hydrogen) atoms. The lowest BCUT2D eigenvalue weighted by atomic mass is 10.3. The van der Waals surface area contributed by atoms with Crippen molar-refractivity contribution in [3.8, 4) is 0 Å². The Balaban J connectivity index is 2.19. The number of hydrazine groups is 1. The van der Waals surface area contributed by atoms with E-state index in [4.69, 9.17) is 0 Å². The zero-order valence-electron chi connectivity index (χ0n) is 2.94. The number of rotatable bonds is 0. The van der Waals surface area contributed by atoms with Crippen LogP contribution in [0.3, 0.4) is 0 Å². The Bertz CT molecular complexity index is 49.9. The second-order valence-electron chi connectivity index (χ2n) is 1.63. The van der Waals surface area contributed by atoms with Gasteiger partial charge in [-0.15, -0.1) is 0 Å². The summed E-state index contributed by atoms with van der Waals surface area (Å²) < 4.78 is 0. The van der Waals surface area contributed by atoms with Crippen molar-refractivity contribution in [2.75, 3.05) is 6.54 Å². The van der Waals surface area contributed by atoms with Crippen LogP contribution in [0.1, 0.15) is 6.42 Å². The maximum atomic E-state index is 3.14. The average molecular weight is 70.1 g/mol. The van der Waals surface area contributed by atoms with Gasteiger partial charge < -0.3 is 0 Å². The van der Waals surface area contributed by atoms with Crippen molar-refractivity contribution in [1.82, 2.24) is 10.4 Å². The zero-order valence-corrected chi connectivity index (χ0v) is 2.94. The van der Waals surface area contributed by atoms with Gasteiger partial charge in [-0.3, -0.25) is 0 Å². The van der Waals surface area contributed by atoms with Gasteiger partial charge in [-0.25, -0.2) is 10.4 Å². The molecule has 0 spiro atoms. The molecule has 2 heterocycles. The third kappa shape index (κ3) is 0.121. The summed E-state index contributed by atoms with van der Waals surface area (Å²) in [4.78, 5) is 0. The van der Waals surface area contributed by atoms with Crippen LogP contribution < -0.4 is 5.43 Å². The molecule has 2 rings (SSSR count). The zero-order chi connectivity index (χ0) is 3.28. The molecule has 2 aliphatic rings. The molecule has 2 heteroatoms. The standard InChI is InChI=1S/C3H6N2/c1-2-5-3(1)4-5/h3-4H,1-2H2/t3-,5?/m0/s1. The molecule has 0 amide bonds. The Morgan fingerprint density at radius 2 is 2.60 bits per heavy atom. The minimum Gasteiger partial charge on any atom is -0.235 e. The average Bonchev–Trinajstić information content (AvgIpc) is 1.74. The largest absolute Gasteiger partial charge is 0.235 e. The van der Waals surface area contributed by atoms with Gasteiger partial charge in [0.05, 0.1) is 6.17 Å². The van der Waals surface area contributed by atoms with Crippen molar-refractivity contribution in [2.45, 2.75) is 12.6 Å². The first kappa shape index (κ1) is 2.16. The predicted molar refractivity (Wildman–Crippen MR) is 18.2 cm³/mol. The number of hydrogen-bond donors (Lipinski definition) is 1. The van der Waals surface area contributed by atoms with Gasteiger partial charge in [-0.1, -0.05) is 0 Å². The fraction of sp³-hybridized carbons (Fsp3) is 1.00. The molecule has 1 N–H and O–H groups in total. The van der Waals surface area contributed by atoms with Crippen molar-refractivity contribution in [3.05, 3.63) is 0 Å². The van der Waals surface area contributed by atoms with Crippen LogP contribution in [-0.2, 0) is 0 Å². The van der Waals surface area contributed by atoms with E-state index in [9.17, 15) is 0 Å². The number of nitrogens with one attached hydrogen (secondary N) is 1. The summed E-state index contributed by atoms with van der Waals surface area (Å²) in [5.41, 5.74) is 3.14. The smallest absolute Gasteiger partial charge is 0.0876 e. The van der Waals surface area contributed by atoms with E-state index in [2.05, 4.69) is 10.4 Å². The molecule has 0 saturated carbocycles. The fourth-order valence-corrected chi connectivity index (χ4v) is 0.674. The highest BCUT2D eigenvalue weighted by molar-refractivity contribution is 4.88. The molecule has 0 aromatic heterocycles. The third-order valence-corrected chi connectivity index (χ3v) is 1.27. The first-order valence-corrected chi connectivity index (χ1v) is 1.99. The van der Waals surface area contributed by atoms with Crippen LogP contribution in [0.5, 0.6) is 0 Å². The molecule has 0 bridgehead atoms. The second kappa shape index (κ2) is 0.420. The summed E-state index contributed by atoms with van der Waals surface area (Å²) in [7, 11) is 0. The molecule has 0 aromatic rings. The van der Waals surface area contributed by atoms with Gasteiger partial charge in [0.25, 0.3) is 0 Å². The highest BCUT2D eigenvalue weighted by Gasteiger charge is 2.41. The summed E-state index contributed by atoms with van der Waals surface area (Å²) in [6, 6.07) is 0. The highest BCUT2D eigenvalue weighted by atomic mass is 15.8. The quantitative estimate of drug-likeness (QED) is 0.390. The Morgan fingerprint density at radius 1 is 1.80 bits per heavy atom. The molecule has 2 aliphatic heterocycles. The van der Waals surface area contributed by atoms with Crippen molar-refractivity contribution >= 4 is 0 Å². The van der Waals surface area contributed by atoms with Gasteiger partial charge in [-0.05, 0) is 6.42 Å². The summed E-state index contributed by atoms with van der Waals surface area (Å²) in [5, 5.41) is 2.22.